The van der Waals surface area contributed by atoms with Crippen LogP contribution in [0, 0.1) is 0 Å². The number of nitrogens with zero attached hydrogens (tertiary/aromatic N) is 2. The Morgan fingerprint density at radius 3 is 1.16 bits per heavy atom. The molecule has 2 aromatic heterocycles. The van der Waals surface area contributed by atoms with Crippen molar-refractivity contribution < 1.29 is 0 Å². The molecule has 260 valence electrons. The lowest BCUT2D eigenvalue weighted by Crippen LogP contribution is -1.93. The molecule has 0 bridgehead atoms. The summed E-state index contributed by atoms with van der Waals surface area (Å²) in [5, 5.41) is 5.12. The third kappa shape index (κ3) is 5.19. The Morgan fingerprint density at radius 1 is 0.214 bits per heavy atom. The van der Waals surface area contributed by atoms with Gasteiger partial charge in [0.2, 0.25) is 0 Å². The quantitative estimate of drug-likeness (QED) is 0.172. The summed E-state index contributed by atoms with van der Waals surface area (Å²) in [5.41, 5.74) is 18.4. The predicted molar refractivity (Wildman–Crippen MR) is 234 cm³/mol. The summed E-state index contributed by atoms with van der Waals surface area (Å²) in [4.78, 5) is 10.0. The Morgan fingerprint density at radius 2 is 0.607 bits per heavy atom. The highest BCUT2D eigenvalue weighted by Gasteiger charge is 2.31. The van der Waals surface area contributed by atoms with Crippen molar-refractivity contribution in [2.75, 3.05) is 0 Å². The van der Waals surface area contributed by atoms with Gasteiger partial charge in [-0.25, -0.2) is 9.97 Å². The molecule has 0 radical (unpaired) electrons. The van der Waals surface area contributed by atoms with Crippen molar-refractivity contribution in [2.45, 2.75) is 0 Å². The summed E-state index contributed by atoms with van der Waals surface area (Å²) in [6.07, 6.45) is 0. The molecule has 8 aromatic carbocycles. The third-order valence-electron chi connectivity index (χ3n) is 11.2. The van der Waals surface area contributed by atoms with Crippen molar-refractivity contribution in [1.29, 1.82) is 0 Å². The van der Waals surface area contributed by atoms with Gasteiger partial charge in [0.05, 0.1) is 22.8 Å². The van der Waals surface area contributed by atoms with Crippen LogP contribution in [0.1, 0.15) is 0 Å². The fourth-order valence-corrected chi connectivity index (χ4v) is 8.77. The molecule has 1 aliphatic carbocycles. The standard InChI is InChI=1S/C54H34N2/c1-4-15-36(16-5-1)46-25-13-27-48(55-46)49-28-14-26-47(56-49)37-31-29-35(30-32-37)40-33-34-45-52-41(40)23-12-24-44(52)53-50(38-17-6-2-7-18-38)42-21-10-11-22-43(42)51(54(45)53)39-19-8-3-9-20-39/h1-34H. The van der Waals surface area contributed by atoms with E-state index in [2.05, 4.69) is 170 Å². The van der Waals surface area contributed by atoms with E-state index in [4.69, 9.17) is 9.97 Å². The summed E-state index contributed by atoms with van der Waals surface area (Å²) in [6, 6.07) is 73.8. The molecule has 0 saturated carbocycles. The SMILES string of the molecule is c1ccc(-c2cccc(-c3cccc(-c4ccc(-c5ccc6c7c(cccc57)-c5c-6c(-c6ccccc6)c6ccccc6c5-c5ccccc5)cc4)n3)n2)cc1. The van der Waals surface area contributed by atoms with E-state index < -0.39 is 0 Å². The second-order valence-electron chi connectivity index (χ2n) is 14.4. The van der Waals surface area contributed by atoms with Crippen LogP contribution in [-0.4, -0.2) is 9.97 Å². The van der Waals surface area contributed by atoms with E-state index in [1.807, 2.05) is 36.4 Å². The van der Waals surface area contributed by atoms with E-state index >= 15 is 0 Å². The van der Waals surface area contributed by atoms with Gasteiger partial charge in [-0.1, -0.05) is 182 Å². The molecule has 0 amide bonds. The first kappa shape index (κ1) is 32.0. The minimum absolute atomic E-state index is 0.855. The highest BCUT2D eigenvalue weighted by molar-refractivity contribution is 6.28. The van der Waals surface area contributed by atoms with E-state index in [0.29, 0.717) is 0 Å². The largest absolute Gasteiger partial charge is 0.246 e. The van der Waals surface area contributed by atoms with Gasteiger partial charge in [-0.2, -0.15) is 0 Å². The first-order valence-electron chi connectivity index (χ1n) is 19.2. The van der Waals surface area contributed by atoms with Crippen LogP contribution in [0.5, 0.6) is 0 Å². The van der Waals surface area contributed by atoms with Gasteiger partial charge < -0.3 is 0 Å². The van der Waals surface area contributed by atoms with Crippen LogP contribution in [0.3, 0.4) is 0 Å². The molecular weight excluding hydrogens is 677 g/mol. The molecule has 11 rings (SSSR count). The minimum atomic E-state index is 0.855. The van der Waals surface area contributed by atoms with Gasteiger partial charge in [0.1, 0.15) is 0 Å². The maximum Gasteiger partial charge on any atom is 0.0893 e. The third-order valence-corrected chi connectivity index (χ3v) is 11.2. The van der Waals surface area contributed by atoms with Crippen LogP contribution in [0.25, 0.3) is 111 Å². The van der Waals surface area contributed by atoms with Crippen molar-refractivity contribution in [3.63, 3.8) is 0 Å². The molecule has 2 heteroatoms. The van der Waals surface area contributed by atoms with E-state index in [0.717, 1.165) is 33.9 Å². The maximum absolute atomic E-state index is 5.08. The monoisotopic (exact) mass is 710 g/mol. The maximum atomic E-state index is 5.08. The lowest BCUT2D eigenvalue weighted by atomic mass is 9.82. The normalized spacial score (nSPS) is 11.6. The first-order valence-corrected chi connectivity index (χ1v) is 19.2. The minimum Gasteiger partial charge on any atom is -0.246 e. The fraction of sp³-hybridized carbons (Fsp3) is 0. The van der Waals surface area contributed by atoms with Gasteiger partial charge in [0.15, 0.2) is 0 Å². The van der Waals surface area contributed by atoms with Crippen LogP contribution < -0.4 is 0 Å². The molecule has 0 aliphatic heterocycles. The second-order valence-corrected chi connectivity index (χ2v) is 14.4. The Kier molecular flexibility index (Phi) is 7.53. The Labute approximate surface area is 326 Å². The van der Waals surface area contributed by atoms with Crippen molar-refractivity contribution in [3.8, 4) is 89.5 Å². The molecule has 0 atom stereocenters. The molecular formula is C54H34N2. The highest BCUT2D eigenvalue weighted by Crippen LogP contribution is 2.58. The van der Waals surface area contributed by atoms with Crippen LogP contribution >= 0.6 is 0 Å². The van der Waals surface area contributed by atoms with Gasteiger partial charge in [0.25, 0.3) is 0 Å². The molecule has 10 aromatic rings. The number of hydrogen-bond acceptors (Lipinski definition) is 2. The fourth-order valence-electron chi connectivity index (χ4n) is 8.77. The van der Waals surface area contributed by atoms with E-state index in [-0.39, 0.29) is 0 Å². The predicted octanol–water partition coefficient (Wildman–Crippen LogP) is 14.4. The van der Waals surface area contributed by atoms with Crippen LogP contribution in [0.4, 0.5) is 0 Å². The van der Waals surface area contributed by atoms with Gasteiger partial charge >= 0.3 is 0 Å². The lowest BCUT2D eigenvalue weighted by molar-refractivity contribution is 1.25. The topological polar surface area (TPSA) is 25.8 Å². The van der Waals surface area contributed by atoms with E-state index in [9.17, 15) is 0 Å². The van der Waals surface area contributed by atoms with Crippen molar-refractivity contribution in [1.82, 2.24) is 9.97 Å². The summed E-state index contributed by atoms with van der Waals surface area (Å²) in [7, 11) is 0. The highest BCUT2D eigenvalue weighted by atomic mass is 14.8. The first-order chi connectivity index (χ1) is 27.8. The van der Waals surface area contributed by atoms with Crippen molar-refractivity contribution in [3.05, 3.63) is 206 Å². The Hall–Kier alpha value is -7.42. The number of benzene rings is 8. The summed E-state index contributed by atoms with van der Waals surface area (Å²) < 4.78 is 0. The molecule has 0 unspecified atom stereocenters. The number of pyridine rings is 2. The smallest absolute Gasteiger partial charge is 0.0893 e. The number of fused-ring (bicyclic) bond motifs is 4. The van der Waals surface area contributed by atoms with Crippen molar-refractivity contribution >= 4 is 21.5 Å². The molecule has 2 heterocycles. The Balaban J connectivity index is 1.04. The van der Waals surface area contributed by atoms with Crippen molar-refractivity contribution in [2.24, 2.45) is 0 Å². The van der Waals surface area contributed by atoms with Gasteiger partial charge in [-0.15, -0.1) is 0 Å². The molecule has 0 fully saturated rings. The molecule has 0 spiro atoms. The molecule has 0 saturated heterocycles. The molecule has 0 N–H and O–H groups in total. The van der Waals surface area contributed by atoms with Crippen LogP contribution in [-0.2, 0) is 0 Å². The average Bonchev–Trinajstić information content (AvgIpc) is 3.61. The second kappa shape index (κ2) is 13.2. The van der Waals surface area contributed by atoms with Gasteiger partial charge in [-0.05, 0) is 101 Å². The molecule has 1 aliphatic rings. The van der Waals surface area contributed by atoms with Crippen LogP contribution in [0.15, 0.2) is 206 Å². The number of aromatic nitrogens is 2. The number of hydrogen-bond donors (Lipinski definition) is 0. The zero-order valence-electron chi connectivity index (χ0n) is 30.5. The lowest BCUT2D eigenvalue weighted by Gasteiger charge is -2.20. The molecule has 2 nitrogen and oxygen atoms in total. The summed E-state index contributed by atoms with van der Waals surface area (Å²) in [6.45, 7) is 0. The summed E-state index contributed by atoms with van der Waals surface area (Å²) >= 11 is 0. The van der Waals surface area contributed by atoms with Gasteiger partial charge in [0, 0.05) is 11.1 Å². The Bertz CT molecular complexity index is 3000. The zero-order chi connectivity index (χ0) is 37.0. The zero-order valence-corrected chi connectivity index (χ0v) is 30.5. The molecule has 56 heavy (non-hydrogen) atoms. The van der Waals surface area contributed by atoms with E-state index in [1.54, 1.807) is 0 Å². The number of rotatable bonds is 6. The average molecular weight is 711 g/mol. The van der Waals surface area contributed by atoms with E-state index in [1.165, 1.54) is 77.2 Å². The summed E-state index contributed by atoms with van der Waals surface area (Å²) in [5.74, 6) is 0. The van der Waals surface area contributed by atoms with Crippen LogP contribution in [0.2, 0.25) is 0 Å². The van der Waals surface area contributed by atoms with Gasteiger partial charge in [-0.3, -0.25) is 0 Å².